The Morgan fingerprint density at radius 3 is 2.61 bits per heavy atom. The van der Waals surface area contributed by atoms with Crippen molar-refractivity contribution in [3.8, 4) is 0 Å². The van der Waals surface area contributed by atoms with Crippen LogP contribution in [0.15, 0.2) is 32.7 Å². The number of halogens is 1. The van der Waals surface area contributed by atoms with Crippen molar-refractivity contribution in [2.45, 2.75) is 25.3 Å². The Balaban J connectivity index is 2.34. The van der Waals surface area contributed by atoms with Gasteiger partial charge in [0.25, 0.3) is 11.5 Å². The largest absolute Gasteiger partial charge is 0.452 e. The minimum absolute atomic E-state index is 0.0506. The van der Waals surface area contributed by atoms with Crippen molar-refractivity contribution in [3.63, 3.8) is 0 Å². The number of benzene rings is 1. The van der Waals surface area contributed by atoms with Gasteiger partial charge in [-0.05, 0) is 30.4 Å². The molecule has 33 heavy (non-hydrogen) atoms. The third-order valence-electron chi connectivity index (χ3n) is 4.57. The number of hydrogen-bond donors (Lipinski definition) is 2. The third-order valence-corrected chi connectivity index (χ3v) is 5.63. The van der Waals surface area contributed by atoms with E-state index in [0.29, 0.717) is 0 Å². The maximum absolute atomic E-state index is 13.0. The molecule has 12 heteroatoms. The highest BCUT2D eigenvalue weighted by Crippen LogP contribution is 2.24. The molecule has 1 aromatic carbocycles. The molecule has 0 atom stereocenters. The number of aromatic nitrogens is 2. The molecule has 0 bridgehead atoms. The minimum atomic E-state index is -0.830. The number of nitrogens with two attached hydrogens (primary N) is 1. The number of nitrogens with one attached hydrogen (secondary N) is 1. The van der Waals surface area contributed by atoms with Crippen LogP contribution in [0.25, 0.3) is 0 Å². The van der Waals surface area contributed by atoms with Crippen LogP contribution in [0.4, 0.5) is 11.5 Å². The Morgan fingerprint density at radius 2 is 2.00 bits per heavy atom. The van der Waals surface area contributed by atoms with Gasteiger partial charge >= 0.3 is 11.7 Å². The van der Waals surface area contributed by atoms with Crippen LogP contribution >= 0.6 is 23.4 Å². The first-order chi connectivity index (χ1) is 15.6. The van der Waals surface area contributed by atoms with Crippen LogP contribution in [0.5, 0.6) is 0 Å². The lowest BCUT2D eigenvalue weighted by Crippen LogP contribution is -2.44. The monoisotopic (exact) mass is 498 g/mol. The highest BCUT2D eigenvalue weighted by atomic mass is 35.5. The van der Waals surface area contributed by atoms with Crippen LogP contribution in [0, 0.1) is 5.92 Å². The van der Waals surface area contributed by atoms with E-state index in [9.17, 15) is 19.2 Å². The molecule has 0 saturated carbocycles. The molecule has 180 valence electrons. The number of methoxy groups -OCH3 is 1. The van der Waals surface area contributed by atoms with Gasteiger partial charge in [0.15, 0.2) is 12.3 Å². The molecule has 0 aliphatic rings. The lowest BCUT2D eigenvalue weighted by atomic mass is 10.2. The fourth-order valence-electron chi connectivity index (χ4n) is 3.00. The molecule has 3 N–H and O–H groups in total. The topological polar surface area (TPSA) is 137 Å². The van der Waals surface area contributed by atoms with E-state index in [4.69, 9.17) is 26.8 Å². The van der Waals surface area contributed by atoms with Crippen LogP contribution in [0.3, 0.4) is 0 Å². The molecular formula is C21H27ClN4O6S. The van der Waals surface area contributed by atoms with Crippen LogP contribution in [-0.4, -0.2) is 54.6 Å². The summed E-state index contributed by atoms with van der Waals surface area (Å²) in [5, 5.41) is 0.183. The van der Waals surface area contributed by atoms with Gasteiger partial charge in [-0.2, -0.15) is 0 Å². The Hall–Kier alpha value is -2.76. The molecule has 2 aromatic rings. The number of nitrogens with zero attached hydrogens (tertiary/aromatic N) is 2. The number of aromatic amines is 1. The molecule has 0 saturated heterocycles. The van der Waals surface area contributed by atoms with Crippen molar-refractivity contribution < 1.29 is 19.1 Å². The summed E-state index contributed by atoms with van der Waals surface area (Å²) < 4.78 is 11.4. The summed E-state index contributed by atoms with van der Waals surface area (Å²) in [5.74, 6) is -1.62. The number of amides is 1. The average molecular weight is 499 g/mol. The summed E-state index contributed by atoms with van der Waals surface area (Å²) in [6, 6.07) is 4.88. The van der Waals surface area contributed by atoms with Crippen molar-refractivity contribution in [1.82, 2.24) is 9.55 Å². The van der Waals surface area contributed by atoms with E-state index in [1.807, 2.05) is 20.1 Å². The van der Waals surface area contributed by atoms with Crippen LogP contribution < -0.4 is 21.9 Å². The molecule has 10 nitrogen and oxygen atoms in total. The first kappa shape index (κ1) is 26.5. The highest BCUT2D eigenvalue weighted by Gasteiger charge is 2.26. The van der Waals surface area contributed by atoms with E-state index >= 15 is 0 Å². The number of ether oxygens (including phenoxy) is 2. The number of nitrogen functional groups attached to an aromatic ring is 1. The molecular weight excluding hydrogens is 472 g/mol. The quantitative estimate of drug-likeness (QED) is 0.375. The molecule has 0 unspecified atom stereocenters. The van der Waals surface area contributed by atoms with Crippen molar-refractivity contribution >= 4 is 46.7 Å². The van der Waals surface area contributed by atoms with Gasteiger partial charge in [0.2, 0.25) is 0 Å². The number of carbonyl (C=O) groups is 2. The van der Waals surface area contributed by atoms with E-state index in [-0.39, 0.29) is 47.7 Å². The Labute approximate surface area is 200 Å². The number of esters is 1. The van der Waals surface area contributed by atoms with Gasteiger partial charge < -0.3 is 15.2 Å². The molecule has 0 fully saturated rings. The molecule has 1 amide bonds. The molecule has 1 aromatic heterocycles. The average Bonchev–Trinajstić information content (AvgIpc) is 2.77. The van der Waals surface area contributed by atoms with Gasteiger partial charge in [0, 0.05) is 25.1 Å². The van der Waals surface area contributed by atoms with Crippen molar-refractivity contribution in [2.75, 3.05) is 43.8 Å². The summed E-state index contributed by atoms with van der Waals surface area (Å²) in [6.07, 6.45) is 1.84. The Kier molecular flexibility index (Phi) is 9.56. The molecule has 1 heterocycles. The second-order valence-corrected chi connectivity index (χ2v) is 8.74. The Morgan fingerprint density at radius 1 is 1.30 bits per heavy atom. The maximum Gasteiger partial charge on any atom is 0.340 e. The summed E-state index contributed by atoms with van der Waals surface area (Å²) in [6.45, 7) is 3.33. The van der Waals surface area contributed by atoms with E-state index in [0.717, 1.165) is 9.80 Å². The van der Waals surface area contributed by atoms with Gasteiger partial charge in [-0.1, -0.05) is 25.4 Å². The van der Waals surface area contributed by atoms with Gasteiger partial charge in [-0.15, -0.1) is 11.8 Å². The molecule has 0 aliphatic heterocycles. The minimum Gasteiger partial charge on any atom is -0.452 e. The lowest BCUT2D eigenvalue weighted by molar-refractivity contribution is -0.121. The van der Waals surface area contributed by atoms with Crippen LogP contribution in [0.2, 0.25) is 5.02 Å². The number of thioether (sulfide) groups is 1. The standard InChI is InChI=1S/C21H27ClN4O6S/c1-12(2)10-26-18(23)17(19(28)24-21(26)30)25(7-8-31-3)16(27)11-32-20(29)14-9-13(33-4)5-6-15(14)22/h5-6,9,12H,7-8,10-11,23H2,1-4H3,(H,24,28,30). The van der Waals surface area contributed by atoms with Crippen molar-refractivity contribution in [1.29, 1.82) is 0 Å². The second-order valence-electron chi connectivity index (χ2n) is 7.46. The number of anilines is 2. The smallest absolute Gasteiger partial charge is 0.340 e. The number of hydrogen-bond acceptors (Lipinski definition) is 8. The third kappa shape index (κ3) is 6.62. The summed E-state index contributed by atoms with van der Waals surface area (Å²) >= 11 is 7.51. The fourth-order valence-corrected chi connectivity index (χ4v) is 3.63. The number of carbonyl (C=O) groups excluding carboxylic acids is 2. The van der Waals surface area contributed by atoms with Gasteiger partial charge in [0.1, 0.15) is 5.82 Å². The zero-order valence-electron chi connectivity index (χ0n) is 18.8. The van der Waals surface area contributed by atoms with E-state index in [1.165, 1.54) is 23.4 Å². The fraction of sp³-hybridized carbons (Fsp3) is 0.429. The molecule has 2 rings (SSSR count). The predicted molar refractivity (Wildman–Crippen MR) is 128 cm³/mol. The van der Waals surface area contributed by atoms with E-state index in [1.54, 1.807) is 18.2 Å². The summed E-state index contributed by atoms with van der Waals surface area (Å²) in [4.78, 5) is 54.3. The molecule has 0 radical (unpaired) electrons. The van der Waals surface area contributed by atoms with Gasteiger partial charge in [-0.3, -0.25) is 24.0 Å². The normalized spacial score (nSPS) is 11.0. The van der Waals surface area contributed by atoms with Crippen molar-refractivity contribution in [2.24, 2.45) is 5.92 Å². The second kappa shape index (κ2) is 11.9. The zero-order chi connectivity index (χ0) is 24.7. The SMILES string of the molecule is COCCN(C(=O)COC(=O)c1cc(SC)ccc1Cl)c1c(N)n(CC(C)C)c(=O)[nH]c1=O. The molecule has 0 spiro atoms. The Bertz CT molecular complexity index is 1130. The summed E-state index contributed by atoms with van der Waals surface area (Å²) in [7, 11) is 1.43. The van der Waals surface area contributed by atoms with Gasteiger partial charge in [0.05, 0.1) is 17.2 Å². The van der Waals surface area contributed by atoms with Crippen molar-refractivity contribution in [3.05, 3.63) is 49.6 Å². The number of rotatable bonds is 10. The lowest BCUT2D eigenvalue weighted by Gasteiger charge is -2.24. The van der Waals surface area contributed by atoms with E-state index in [2.05, 4.69) is 4.98 Å². The summed E-state index contributed by atoms with van der Waals surface area (Å²) in [5.41, 5.74) is 4.52. The van der Waals surface area contributed by atoms with Crippen LogP contribution in [-0.2, 0) is 20.8 Å². The predicted octanol–water partition coefficient (Wildman–Crippen LogP) is 1.99. The first-order valence-electron chi connectivity index (χ1n) is 10.0. The van der Waals surface area contributed by atoms with Gasteiger partial charge in [-0.25, -0.2) is 9.59 Å². The van der Waals surface area contributed by atoms with E-state index < -0.39 is 29.7 Å². The zero-order valence-corrected chi connectivity index (χ0v) is 20.4. The number of H-pyrrole nitrogens is 1. The maximum atomic E-state index is 13.0. The first-order valence-corrected chi connectivity index (χ1v) is 11.6. The molecule has 0 aliphatic carbocycles. The highest BCUT2D eigenvalue weighted by molar-refractivity contribution is 7.98. The van der Waals surface area contributed by atoms with Crippen LogP contribution in [0.1, 0.15) is 24.2 Å².